The van der Waals surface area contributed by atoms with Gasteiger partial charge < -0.3 is 5.32 Å². The molecule has 2 heterocycles. The summed E-state index contributed by atoms with van der Waals surface area (Å²) in [6.07, 6.45) is 4.78. The highest BCUT2D eigenvalue weighted by Gasteiger charge is 2.06. The number of carbonyl (C=O) groups is 1. The maximum Gasteiger partial charge on any atom is 0.256 e. The van der Waals surface area contributed by atoms with Crippen molar-refractivity contribution < 1.29 is 4.79 Å². The van der Waals surface area contributed by atoms with E-state index in [-0.39, 0.29) is 5.91 Å². The Hall–Kier alpha value is -3.02. The molecule has 6 nitrogen and oxygen atoms in total. The third kappa shape index (κ3) is 3.30. The van der Waals surface area contributed by atoms with Crippen LogP contribution < -0.4 is 5.32 Å². The SMILES string of the molecule is O=C(Nc1ccccn1)c1ccc(Cn2cncn2)cc1. The van der Waals surface area contributed by atoms with Crippen LogP contribution in [0.1, 0.15) is 15.9 Å². The van der Waals surface area contributed by atoms with Crippen LogP contribution in [0.2, 0.25) is 0 Å². The van der Waals surface area contributed by atoms with Gasteiger partial charge in [-0.05, 0) is 29.8 Å². The van der Waals surface area contributed by atoms with Crippen molar-refractivity contribution in [2.24, 2.45) is 0 Å². The molecule has 0 radical (unpaired) electrons. The number of aromatic nitrogens is 4. The number of hydrogen-bond donors (Lipinski definition) is 1. The van der Waals surface area contributed by atoms with Crippen molar-refractivity contribution in [2.45, 2.75) is 6.54 Å². The normalized spacial score (nSPS) is 10.3. The van der Waals surface area contributed by atoms with E-state index in [0.717, 1.165) is 5.56 Å². The standard InChI is InChI=1S/C15H13N5O/c21-15(19-14-3-1-2-8-17-14)13-6-4-12(5-7-13)9-20-11-16-10-18-20/h1-8,10-11H,9H2,(H,17,19,21). The topological polar surface area (TPSA) is 72.7 Å². The maximum absolute atomic E-state index is 12.1. The minimum atomic E-state index is -0.180. The molecule has 0 saturated heterocycles. The van der Waals surface area contributed by atoms with Crippen LogP contribution in [-0.4, -0.2) is 25.7 Å². The molecule has 0 saturated carbocycles. The Kier molecular flexibility index (Phi) is 3.68. The van der Waals surface area contributed by atoms with Crippen LogP contribution in [-0.2, 0) is 6.54 Å². The zero-order chi connectivity index (χ0) is 14.5. The summed E-state index contributed by atoms with van der Waals surface area (Å²) in [5, 5.41) is 6.79. The summed E-state index contributed by atoms with van der Waals surface area (Å²) in [4.78, 5) is 20.0. The average Bonchev–Trinajstić information content (AvgIpc) is 3.02. The first-order chi connectivity index (χ1) is 10.3. The van der Waals surface area contributed by atoms with Gasteiger partial charge in [0.1, 0.15) is 18.5 Å². The van der Waals surface area contributed by atoms with Gasteiger partial charge >= 0.3 is 0 Å². The molecule has 0 spiro atoms. The average molecular weight is 279 g/mol. The first-order valence-electron chi connectivity index (χ1n) is 6.45. The number of amides is 1. The van der Waals surface area contributed by atoms with Crippen LogP contribution in [0.25, 0.3) is 0 Å². The zero-order valence-corrected chi connectivity index (χ0v) is 11.2. The molecule has 0 aliphatic rings. The van der Waals surface area contributed by atoms with Crippen LogP contribution in [0.15, 0.2) is 61.3 Å². The first-order valence-corrected chi connectivity index (χ1v) is 6.45. The van der Waals surface area contributed by atoms with Gasteiger partial charge in [-0.2, -0.15) is 5.10 Å². The second-order valence-corrected chi connectivity index (χ2v) is 4.46. The van der Waals surface area contributed by atoms with Crippen LogP contribution in [0.5, 0.6) is 0 Å². The van der Waals surface area contributed by atoms with Gasteiger partial charge in [0.2, 0.25) is 0 Å². The summed E-state index contributed by atoms with van der Waals surface area (Å²) in [6.45, 7) is 0.627. The number of carbonyl (C=O) groups excluding carboxylic acids is 1. The van der Waals surface area contributed by atoms with Gasteiger partial charge in [0.05, 0.1) is 6.54 Å². The van der Waals surface area contributed by atoms with Crippen molar-refractivity contribution in [3.8, 4) is 0 Å². The molecule has 3 rings (SSSR count). The lowest BCUT2D eigenvalue weighted by Gasteiger charge is -2.05. The number of pyridine rings is 1. The van der Waals surface area contributed by atoms with E-state index in [4.69, 9.17) is 0 Å². The smallest absolute Gasteiger partial charge is 0.256 e. The molecule has 1 amide bonds. The lowest BCUT2D eigenvalue weighted by atomic mass is 10.1. The van der Waals surface area contributed by atoms with E-state index in [9.17, 15) is 4.79 Å². The van der Waals surface area contributed by atoms with Crippen LogP contribution in [0.4, 0.5) is 5.82 Å². The second-order valence-electron chi connectivity index (χ2n) is 4.46. The van der Waals surface area contributed by atoms with Gasteiger partial charge in [0.25, 0.3) is 5.91 Å². The number of hydrogen-bond acceptors (Lipinski definition) is 4. The molecule has 1 N–H and O–H groups in total. The summed E-state index contributed by atoms with van der Waals surface area (Å²) >= 11 is 0. The molecule has 0 unspecified atom stereocenters. The highest BCUT2D eigenvalue weighted by Crippen LogP contribution is 2.08. The first kappa shape index (κ1) is 13.0. The van der Waals surface area contributed by atoms with Crippen LogP contribution >= 0.6 is 0 Å². The monoisotopic (exact) mass is 279 g/mol. The van der Waals surface area contributed by atoms with E-state index < -0.39 is 0 Å². The van der Waals surface area contributed by atoms with E-state index in [1.807, 2.05) is 18.2 Å². The van der Waals surface area contributed by atoms with Crippen molar-refractivity contribution in [1.82, 2.24) is 19.7 Å². The molecule has 0 fully saturated rings. The summed E-state index contributed by atoms with van der Waals surface area (Å²) in [5.74, 6) is 0.357. The molecule has 1 aromatic carbocycles. The molecular formula is C15H13N5O. The van der Waals surface area contributed by atoms with E-state index in [0.29, 0.717) is 17.9 Å². The Morgan fingerprint density at radius 1 is 1.14 bits per heavy atom. The van der Waals surface area contributed by atoms with E-state index >= 15 is 0 Å². The fourth-order valence-corrected chi connectivity index (χ4v) is 1.89. The largest absolute Gasteiger partial charge is 0.307 e. The third-order valence-electron chi connectivity index (χ3n) is 2.93. The van der Waals surface area contributed by atoms with Crippen LogP contribution in [0.3, 0.4) is 0 Å². The Bertz CT molecular complexity index is 708. The highest BCUT2D eigenvalue weighted by atomic mass is 16.1. The van der Waals surface area contributed by atoms with Crippen molar-refractivity contribution in [3.63, 3.8) is 0 Å². The lowest BCUT2D eigenvalue weighted by Crippen LogP contribution is -2.12. The Morgan fingerprint density at radius 2 is 2.00 bits per heavy atom. The van der Waals surface area contributed by atoms with Crippen molar-refractivity contribution in [3.05, 3.63) is 72.4 Å². The van der Waals surface area contributed by atoms with Crippen molar-refractivity contribution in [2.75, 3.05) is 5.32 Å². The van der Waals surface area contributed by atoms with Gasteiger partial charge in [-0.15, -0.1) is 0 Å². The van der Waals surface area contributed by atoms with E-state index in [2.05, 4.69) is 20.4 Å². The number of rotatable bonds is 4. The zero-order valence-electron chi connectivity index (χ0n) is 11.2. The summed E-state index contributed by atoms with van der Waals surface area (Å²) in [7, 11) is 0. The predicted octanol–water partition coefficient (Wildman–Crippen LogP) is 1.97. The molecule has 0 aliphatic carbocycles. The molecule has 21 heavy (non-hydrogen) atoms. The lowest BCUT2D eigenvalue weighted by molar-refractivity contribution is 0.102. The molecule has 2 aromatic heterocycles. The van der Waals surface area contributed by atoms with Crippen molar-refractivity contribution in [1.29, 1.82) is 0 Å². The summed E-state index contributed by atoms with van der Waals surface area (Å²) < 4.78 is 1.73. The predicted molar refractivity (Wildman–Crippen MR) is 77.8 cm³/mol. The molecule has 0 aliphatic heterocycles. The maximum atomic E-state index is 12.1. The Balaban J connectivity index is 1.67. The van der Waals surface area contributed by atoms with Gasteiger partial charge in [-0.3, -0.25) is 4.79 Å². The minimum Gasteiger partial charge on any atom is -0.307 e. The minimum absolute atomic E-state index is 0.180. The number of nitrogens with one attached hydrogen (secondary N) is 1. The van der Waals surface area contributed by atoms with Crippen LogP contribution in [0, 0.1) is 0 Å². The fraction of sp³-hybridized carbons (Fsp3) is 0.0667. The van der Waals surface area contributed by atoms with Gasteiger partial charge in [0.15, 0.2) is 0 Å². The molecule has 104 valence electrons. The molecule has 6 heteroatoms. The molecule has 0 atom stereocenters. The molecule has 0 bridgehead atoms. The molecular weight excluding hydrogens is 266 g/mol. The summed E-state index contributed by atoms with van der Waals surface area (Å²) in [5.41, 5.74) is 1.64. The number of nitrogens with zero attached hydrogens (tertiary/aromatic N) is 4. The second kappa shape index (κ2) is 5.96. The highest BCUT2D eigenvalue weighted by molar-refractivity contribution is 6.03. The third-order valence-corrected chi connectivity index (χ3v) is 2.93. The van der Waals surface area contributed by atoms with Gasteiger partial charge in [-0.25, -0.2) is 14.6 Å². The number of anilines is 1. The fourth-order valence-electron chi connectivity index (χ4n) is 1.89. The quantitative estimate of drug-likeness (QED) is 0.792. The number of benzene rings is 1. The summed E-state index contributed by atoms with van der Waals surface area (Å²) in [6, 6.07) is 12.7. The Labute approximate surface area is 121 Å². The van der Waals surface area contributed by atoms with Crippen molar-refractivity contribution >= 4 is 11.7 Å². The van der Waals surface area contributed by atoms with Gasteiger partial charge in [-0.1, -0.05) is 18.2 Å². The van der Waals surface area contributed by atoms with Gasteiger partial charge in [0, 0.05) is 11.8 Å². The Morgan fingerprint density at radius 3 is 2.67 bits per heavy atom. The molecule has 3 aromatic rings. The van der Waals surface area contributed by atoms with E-state index in [1.165, 1.54) is 6.33 Å². The van der Waals surface area contributed by atoms with E-state index in [1.54, 1.807) is 41.5 Å².